The molecule has 0 saturated heterocycles. The van der Waals surface area contributed by atoms with Gasteiger partial charge in [-0.25, -0.2) is 4.79 Å². The van der Waals surface area contributed by atoms with Gasteiger partial charge in [-0.2, -0.15) is 4.80 Å². The van der Waals surface area contributed by atoms with E-state index >= 15 is 0 Å². The van der Waals surface area contributed by atoms with Crippen molar-refractivity contribution < 1.29 is 23.8 Å². The topological polar surface area (TPSA) is 105 Å². The van der Waals surface area contributed by atoms with Gasteiger partial charge in [-0.05, 0) is 47.7 Å². The normalized spacial score (nSPS) is 12.0. The predicted octanol–water partition coefficient (Wildman–Crippen LogP) is 2.15. The van der Waals surface area contributed by atoms with E-state index in [4.69, 9.17) is 25.8 Å². The van der Waals surface area contributed by atoms with Crippen LogP contribution in [0, 0.1) is 0 Å². The number of Topliss-reactive ketones (excluding diaryl/α,β-unsaturated/α-hetero) is 1. The Morgan fingerprint density at radius 3 is 2.71 bits per heavy atom. The molecule has 0 spiro atoms. The number of hydrogen-bond donors (Lipinski definition) is 0. The van der Waals surface area contributed by atoms with Crippen molar-refractivity contribution in [3.8, 4) is 22.9 Å². The average molecular weight is 401 g/mol. The molecule has 9 nitrogen and oxygen atoms in total. The monoisotopic (exact) mass is 400 g/mol. The molecule has 4 rings (SSSR count). The first-order chi connectivity index (χ1) is 13.6. The van der Waals surface area contributed by atoms with Crippen LogP contribution in [0.1, 0.15) is 10.4 Å². The highest BCUT2D eigenvalue weighted by Gasteiger charge is 2.18. The lowest BCUT2D eigenvalue weighted by atomic mass is 10.1. The fourth-order valence-corrected chi connectivity index (χ4v) is 2.61. The molecule has 0 bridgehead atoms. The lowest BCUT2D eigenvalue weighted by molar-refractivity contribution is -0.143. The van der Waals surface area contributed by atoms with E-state index in [2.05, 4.69) is 15.4 Å². The molecule has 0 saturated carbocycles. The maximum absolute atomic E-state index is 12.2. The Morgan fingerprint density at radius 1 is 1.11 bits per heavy atom. The number of benzene rings is 2. The summed E-state index contributed by atoms with van der Waals surface area (Å²) in [5.41, 5.74) is 1.07. The third-order valence-corrected chi connectivity index (χ3v) is 4.14. The molecule has 28 heavy (non-hydrogen) atoms. The van der Waals surface area contributed by atoms with Crippen molar-refractivity contribution in [2.45, 2.75) is 6.54 Å². The SMILES string of the molecule is O=C(Cn1nnc(-c2ccc(Cl)cc2)n1)OCC(=O)c1ccc2c(c1)OCO2. The van der Waals surface area contributed by atoms with Crippen molar-refractivity contribution in [3.05, 3.63) is 53.1 Å². The van der Waals surface area contributed by atoms with Crippen LogP contribution in [-0.2, 0) is 16.1 Å². The largest absolute Gasteiger partial charge is 0.456 e. The zero-order valence-corrected chi connectivity index (χ0v) is 15.1. The molecule has 0 atom stereocenters. The number of nitrogens with zero attached hydrogens (tertiary/aromatic N) is 4. The molecule has 0 radical (unpaired) electrons. The van der Waals surface area contributed by atoms with Crippen LogP contribution in [-0.4, -0.2) is 45.4 Å². The van der Waals surface area contributed by atoms with E-state index in [-0.39, 0.29) is 19.1 Å². The molecule has 0 unspecified atom stereocenters. The summed E-state index contributed by atoms with van der Waals surface area (Å²) < 4.78 is 15.4. The molecule has 1 aliphatic heterocycles. The third kappa shape index (κ3) is 3.94. The Morgan fingerprint density at radius 2 is 1.89 bits per heavy atom. The van der Waals surface area contributed by atoms with Crippen LogP contribution in [0.2, 0.25) is 5.02 Å². The quantitative estimate of drug-likeness (QED) is 0.457. The Bertz CT molecular complexity index is 1030. The Kier molecular flexibility index (Phi) is 4.90. The molecule has 2 aromatic carbocycles. The number of carbonyl (C=O) groups excluding carboxylic acids is 2. The Balaban J connectivity index is 1.32. The van der Waals surface area contributed by atoms with Gasteiger partial charge < -0.3 is 14.2 Å². The van der Waals surface area contributed by atoms with Crippen molar-refractivity contribution in [1.29, 1.82) is 0 Å². The number of esters is 1. The smallest absolute Gasteiger partial charge is 0.330 e. The average Bonchev–Trinajstić information content (AvgIpc) is 3.35. The highest BCUT2D eigenvalue weighted by molar-refractivity contribution is 6.30. The van der Waals surface area contributed by atoms with Crippen molar-refractivity contribution in [2.24, 2.45) is 0 Å². The highest BCUT2D eigenvalue weighted by Crippen LogP contribution is 2.32. The standard InChI is InChI=1S/C18H13ClN4O5/c19-13-4-1-11(2-5-13)18-20-22-23(21-18)8-17(25)26-9-14(24)12-3-6-15-16(7-12)28-10-27-15/h1-7H,8-10H2. The minimum absolute atomic E-state index is 0.116. The van der Waals surface area contributed by atoms with E-state index in [0.717, 1.165) is 4.80 Å². The second-order valence-electron chi connectivity index (χ2n) is 5.80. The summed E-state index contributed by atoms with van der Waals surface area (Å²) in [7, 11) is 0. The Hall–Kier alpha value is -3.46. The van der Waals surface area contributed by atoms with Crippen LogP contribution < -0.4 is 9.47 Å². The molecule has 10 heteroatoms. The van der Waals surface area contributed by atoms with Gasteiger partial charge in [0, 0.05) is 16.1 Å². The highest BCUT2D eigenvalue weighted by atomic mass is 35.5. The number of rotatable bonds is 6. The second kappa shape index (κ2) is 7.65. The maximum Gasteiger partial charge on any atom is 0.330 e. The van der Waals surface area contributed by atoms with Crippen LogP contribution in [0.3, 0.4) is 0 Å². The second-order valence-corrected chi connectivity index (χ2v) is 6.24. The van der Waals surface area contributed by atoms with Gasteiger partial charge in [-0.1, -0.05) is 11.6 Å². The van der Waals surface area contributed by atoms with E-state index in [1.807, 2.05) is 0 Å². The number of hydrogen-bond acceptors (Lipinski definition) is 8. The summed E-state index contributed by atoms with van der Waals surface area (Å²) in [4.78, 5) is 25.2. The van der Waals surface area contributed by atoms with Crippen molar-refractivity contribution in [3.63, 3.8) is 0 Å². The molecule has 1 aromatic heterocycles. The molecule has 1 aliphatic rings. The van der Waals surface area contributed by atoms with Crippen molar-refractivity contribution >= 4 is 23.4 Å². The fraction of sp³-hybridized carbons (Fsp3) is 0.167. The van der Waals surface area contributed by atoms with E-state index in [9.17, 15) is 9.59 Å². The minimum atomic E-state index is -0.658. The first kappa shape index (κ1) is 17.9. The third-order valence-electron chi connectivity index (χ3n) is 3.88. The summed E-state index contributed by atoms with van der Waals surface area (Å²) in [6.07, 6.45) is 0. The first-order valence-corrected chi connectivity index (χ1v) is 8.58. The van der Waals surface area contributed by atoms with Gasteiger partial charge in [0.2, 0.25) is 12.6 Å². The van der Waals surface area contributed by atoms with Crippen LogP contribution in [0.5, 0.6) is 11.5 Å². The molecule has 0 fully saturated rings. The molecular weight excluding hydrogens is 388 g/mol. The van der Waals surface area contributed by atoms with E-state index < -0.39 is 12.6 Å². The van der Waals surface area contributed by atoms with Gasteiger partial charge >= 0.3 is 5.97 Å². The van der Waals surface area contributed by atoms with E-state index in [0.29, 0.717) is 33.5 Å². The van der Waals surface area contributed by atoms with Crippen LogP contribution in [0.15, 0.2) is 42.5 Å². The number of fused-ring (bicyclic) bond motifs is 1. The number of ether oxygens (including phenoxy) is 3. The number of ketones is 1. The summed E-state index contributed by atoms with van der Waals surface area (Å²) >= 11 is 5.84. The molecule has 0 N–H and O–H groups in total. The van der Waals surface area contributed by atoms with Crippen LogP contribution >= 0.6 is 11.6 Å². The predicted molar refractivity (Wildman–Crippen MR) is 96.1 cm³/mol. The first-order valence-electron chi connectivity index (χ1n) is 8.21. The van der Waals surface area contributed by atoms with Crippen LogP contribution in [0.4, 0.5) is 0 Å². The van der Waals surface area contributed by atoms with Crippen LogP contribution in [0.25, 0.3) is 11.4 Å². The minimum Gasteiger partial charge on any atom is -0.456 e. The molecule has 0 amide bonds. The lowest BCUT2D eigenvalue weighted by Gasteiger charge is -2.04. The van der Waals surface area contributed by atoms with Crippen molar-refractivity contribution in [1.82, 2.24) is 20.2 Å². The zero-order valence-electron chi connectivity index (χ0n) is 14.4. The van der Waals surface area contributed by atoms with E-state index in [1.165, 1.54) is 0 Å². The zero-order chi connectivity index (χ0) is 19.5. The fourth-order valence-electron chi connectivity index (χ4n) is 2.49. The van der Waals surface area contributed by atoms with E-state index in [1.54, 1.807) is 42.5 Å². The van der Waals surface area contributed by atoms with Gasteiger partial charge in [-0.3, -0.25) is 4.79 Å². The van der Waals surface area contributed by atoms with Gasteiger partial charge in [0.15, 0.2) is 30.4 Å². The maximum atomic E-state index is 12.2. The molecule has 2 heterocycles. The summed E-state index contributed by atoms with van der Waals surface area (Å²) in [6, 6.07) is 11.7. The van der Waals surface area contributed by atoms with Gasteiger partial charge in [0.05, 0.1) is 0 Å². The number of aromatic nitrogens is 4. The van der Waals surface area contributed by atoms with Crippen molar-refractivity contribution in [2.75, 3.05) is 13.4 Å². The molecule has 142 valence electrons. The van der Waals surface area contributed by atoms with Gasteiger partial charge in [-0.15, -0.1) is 10.2 Å². The lowest BCUT2D eigenvalue weighted by Crippen LogP contribution is -2.19. The summed E-state index contributed by atoms with van der Waals surface area (Å²) in [5.74, 6) is 0.385. The molecular formula is C18H13ClN4O5. The number of halogens is 1. The van der Waals surface area contributed by atoms with Gasteiger partial charge in [0.25, 0.3) is 0 Å². The van der Waals surface area contributed by atoms with Gasteiger partial charge in [0.1, 0.15) is 0 Å². The number of carbonyl (C=O) groups is 2. The number of tetrazole rings is 1. The summed E-state index contributed by atoms with van der Waals surface area (Å²) in [6.45, 7) is -0.558. The molecule has 0 aliphatic carbocycles. The summed E-state index contributed by atoms with van der Waals surface area (Å²) in [5, 5.41) is 12.4. The molecule has 3 aromatic rings. The Labute approximate surface area is 163 Å².